The molecule has 3 nitrogen and oxygen atoms in total. The van der Waals surface area contributed by atoms with E-state index in [9.17, 15) is 4.79 Å². The van der Waals surface area contributed by atoms with Crippen LogP contribution in [0, 0.1) is 17.8 Å². The highest BCUT2D eigenvalue weighted by Gasteiger charge is 2.48. The highest BCUT2D eigenvalue weighted by molar-refractivity contribution is 5.79. The van der Waals surface area contributed by atoms with Crippen molar-refractivity contribution in [3.05, 3.63) is 0 Å². The molecule has 0 bridgehead atoms. The molecule has 15 heavy (non-hydrogen) atoms. The lowest BCUT2D eigenvalue weighted by Crippen LogP contribution is -2.39. The van der Waals surface area contributed by atoms with Crippen molar-refractivity contribution < 1.29 is 4.79 Å². The molecular weight excluding hydrogens is 188 g/mol. The van der Waals surface area contributed by atoms with Crippen LogP contribution < -0.4 is 11.1 Å². The lowest BCUT2D eigenvalue weighted by molar-refractivity contribution is -0.125. The Morgan fingerprint density at radius 3 is 2.60 bits per heavy atom. The molecule has 3 unspecified atom stereocenters. The number of amides is 1. The molecule has 0 saturated heterocycles. The molecule has 0 heterocycles. The molecule has 2 saturated carbocycles. The summed E-state index contributed by atoms with van der Waals surface area (Å²) in [7, 11) is 0. The van der Waals surface area contributed by atoms with E-state index >= 15 is 0 Å². The number of nitrogens with two attached hydrogens (primary N) is 1. The quantitative estimate of drug-likeness (QED) is 0.718. The zero-order valence-electron chi connectivity index (χ0n) is 9.54. The molecule has 3 heteroatoms. The maximum Gasteiger partial charge on any atom is 0.223 e. The fraction of sp³-hybridized carbons (Fsp3) is 0.917. The van der Waals surface area contributed by atoms with E-state index in [-0.39, 0.29) is 5.91 Å². The van der Waals surface area contributed by atoms with E-state index < -0.39 is 0 Å². The first kappa shape index (κ1) is 10.9. The molecule has 1 amide bonds. The molecule has 2 rings (SSSR count). The monoisotopic (exact) mass is 210 g/mol. The number of hydrogen-bond donors (Lipinski definition) is 2. The van der Waals surface area contributed by atoms with Gasteiger partial charge in [-0.25, -0.2) is 0 Å². The smallest absolute Gasteiger partial charge is 0.223 e. The summed E-state index contributed by atoms with van der Waals surface area (Å²) < 4.78 is 0. The molecule has 0 radical (unpaired) electrons. The SMILES string of the molecule is CCC(CCN)NC(=O)C1CC2CC2C1. The largest absolute Gasteiger partial charge is 0.353 e. The Labute approximate surface area is 91.8 Å². The van der Waals surface area contributed by atoms with Crippen LogP contribution in [0.25, 0.3) is 0 Å². The van der Waals surface area contributed by atoms with Gasteiger partial charge in [-0.2, -0.15) is 0 Å². The second-order valence-electron chi connectivity index (χ2n) is 5.12. The topological polar surface area (TPSA) is 55.1 Å². The van der Waals surface area contributed by atoms with Crippen molar-refractivity contribution in [2.75, 3.05) is 6.54 Å². The predicted octanol–water partition coefficient (Wildman–Crippen LogP) is 1.28. The van der Waals surface area contributed by atoms with E-state index in [4.69, 9.17) is 5.73 Å². The number of hydrogen-bond acceptors (Lipinski definition) is 2. The van der Waals surface area contributed by atoms with Crippen LogP contribution in [-0.2, 0) is 4.79 Å². The number of fused-ring (bicyclic) bond motifs is 1. The summed E-state index contributed by atoms with van der Waals surface area (Å²) in [5, 5.41) is 3.13. The van der Waals surface area contributed by atoms with E-state index in [0.29, 0.717) is 18.5 Å². The molecule has 0 aromatic rings. The first-order valence-corrected chi connectivity index (χ1v) is 6.25. The first-order valence-electron chi connectivity index (χ1n) is 6.25. The summed E-state index contributed by atoms with van der Waals surface area (Å²) in [5.74, 6) is 2.36. The van der Waals surface area contributed by atoms with Gasteiger partial charge in [0.05, 0.1) is 0 Å². The van der Waals surface area contributed by atoms with Crippen LogP contribution >= 0.6 is 0 Å². The summed E-state index contributed by atoms with van der Waals surface area (Å²) in [6.45, 7) is 2.77. The predicted molar refractivity (Wildman–Crippen MR) is 60.2 cm³/mol. The van der Waals surface area contributed by atoms with Crippen molar-refractivity contribution in [1.82, 2.24) is 5.32 Å². The van der Waals surface area contributed by atoms with E-state index in [1.54, 1.807) is 0 Å². The third-order valence-corrected chi connectivity index (χ3v) is 3.97. The molecule has 2 aliphatic carbocycles. The van der Waals surface area contributed by atoms with Gasteiger partial charge in [0, 0.05) is 12.0 Å². The van der Waals surface area contributed by atoms with Crippen LogP contribution in [0.2, 0.25) is 0 Å². The van der Waals surface area contributed by atoms with Gasteiger partial charge in [0.15, 0.2) is 0 Å². The molecule has 86 valence electrons. The lowest BCUT2D eigenvalue weighted by Gasteiger charge is -2.19. The van der Waals surface area contributed by atoms with Gasteiger partial charge < -0.3 is 11.1 Å². The van der Waals surface area contributed by atoms with Crippen molar-refractivity contribution in [2.45, 2.75) is 45.1 Å². The van der Waals surface area contributed by atoms with Gasteiger partial charge in [-0.05, 0) is 50.5 Å². The minimum Gasteiger partial charge on any atom is -0.353 e. The van der Waals surface area contributed by atoms with Crippen LogP contribution in [0.15, 0.2) is 0 Å². The van der Waals surface area contributed by atoms with Crippen LogP contribution in [0.4, 0.5) is 0 Å². The average Bonchev–Trinajstić information content (AvgIpc) is 2.85. The number of carbonyl (C=O) groups excluding carboxylic acids is 1. The molecule has 2 fully saturated rings. The van der Waals surface area contributed by atoms with Crippen molar-refractivity contribution in [3.63, 3.8) is 0 Å². The van der Waals surface area contributed by atoms with E-state index in [2.05, 4.69) is 12.2 Å². The Kier molecular flexibility index (Phi) is 3.29. The first-order chi connectivity index (χ1) is 7.24. The zero-order valence-corrected chi connectivity index (χ0v) is 9.54. The Hall–Kier alpha value is -0.570. The number of carbonyl (C=O) groups is 1. The summed E-state index contributed by atoms with van der Waals surface area (Å²) in [6, 6.07) is 0.291. The third-order valence-electron chi connectivity index (χ3n) is 3.97. The summed E-state index contributed by atoms with van der Waals surface area (Å²) in [4.78, 5) is 11.9. The molecule has 3 atom stereocenters. The van der Waals surface area contributed by atoms with Gasteiger partial charge in [-0.3, -0.25) is 4.79 Å². The molecule has 3 N–H and O–H groups in total. The second-order valence-corrected chi connectivity index (χ2v) is 5.12. The summed E-state index contributed by atoms with van der Waals surface area (Å²) in [5.41, 5.74) is 5.51. The zero-order chi connectivity index (χ0) is 10.8. The molecule has 0 aromatic carbocycles. The molecular formula is C12H22N2O. The van der Waals surface area contributed by atoms with Crippen molar-refractivity contribution in [3.8, 4) is 0 Å². The Balaban J connectivity index is 1.75. The highest BCUT2D eigenvalue weighted by atomic mass is 16.1. The van der Waals surface area contributed by atoms with Gasteiger partial charge in [0.1, 0.15) is 0 Å². The number of rotatable bonds is 5. The van der Waals surface area contributed by atoms with Crippen molar-refractivity contribution in [2.24, 2.45) is 23.5 Å². The maximum atomic E-state index is 11.9. The third kappa shape index (κ3) is 2.51. The standard InChI is InChI=1S/C12H22N2O/c1-2-11(3-4-13)14-12(15)10-6-8-5-9(8)7-10/h8-11H,2-7,13H2,1H3,(H,14,15). The minimum atomic E-state index is 0.280. The lowest BCUT2D eigenvalue weighted by atomic mass is 10.0. The average molecular weight is 210 g/mol. The second kappa shape index (κ2) is 4.52. The van der Waals surface area contributed by atoms with Crippen LogP contribution in [0.3, 0.4) is 0 Å². The van der Waals surface area contributed by atoms with Crippen LogP contribution in [0.1, 0.15) is 39.0 Å². The molecule has 0 spiro atoms. The molecule has 0 aromatic heterocycles. The van der Waals surface area contributed by atoms with Crippen LogP contribution in [-0.4, -0.2) is 18.5 Å². The normalized spacial score (nSPS) is 34.7. The summed E-state index contributed by atoms with van der Waals surface area (Å²) >= 11 is 0. The maximum absolute atomic E-state index is 11.9. The van der Waals surface area contributed by atoms with Gasteiger partial charge in [0.2, 0.25) is 5.91 Å². The van der Waals surface area contributed by atoms with Crippen molar-refractivity contribution >= 4 is 5.91 Å². The highest BCUT2D eigenvalue weighted by Crippen LogP contribution is 2.54. The fourth-order valence-electron chi connectivity index (χ4n) is 2.83. The summed E-state index contributed by atoms with van der Waals surface area (Å²) in [6.07, 6.45) is 5.54. The van der Waals surface area contributed by atoms with Crippen LogP contribution in [0.5, 0.6) is 0 Å². The fourth-order valence-corrected chi connectivity index (χ4v) is 2.83. The van der Waals surface area contributed by atoms with Gasteiger partial charge in [0.25, 0.3) is 0 Å². The molecule has 0 aliphatic heterocycles. The van der Waals surface area contributed by atoms with Gasteiger partial charge >= 0.3 is 0 Å². The Morgan fingerprint density at radius 1 is 1.40 bits per heavy atom. The minimum absolute atomic E-state index is 0.280. The van der Waals surface area contributed by atoms with Gasteiger partial charge in [-0.15, -0.1) is 0 Å². The van der Waals surface area contributed by atoms with E-state index in [1.807, 2.05) is 0 Å². The van der Waals surface area contributed by atoms with Crippen molar-refractivity contribution in [1.29, 1.82) is 0 Å². The van der Waals surface area contributed by atoms with E-state index in [0.717, 1.165) is 37.5 Å². The Bertz CT molecular complexity index is 232. The van der Waals surface area contributed by atoms with Gasteiger partial charge in [-0.1, -0.05) is 6.92 Å². The Morgan fingerprint density at radius 2 is 2.07 bits per heavy atom. The van der Waals surface area contributed by atoms with E-state index in [1.165, 1.54) is 6.42 Å². The number of nitrogens with one attached hydrogen (secondary N) is 1. The molecule has 2 aliphatic rings.